The zero-order valence-corrected chi connectivity index (χ0v) is 10.6. The molecular weight excluding hydrogens is 220 g/mol. The minimum absolute atomic E-state index is 0.379. The Hall–Kier alpha value is -1.16. The monoisotopic (exact) mass is 238 g/mol. The standard InChI is InChI=1S/C12H18N2OS/c1-3-4-5-6-15-11-8-10(12(13)16)7-9(2)14-11/h7-8H,3-6H2,1-2H3,(H2,13,16). The van der Waals surface area contributed by atoms with Gasteiger partial charge in [0.15, 0.2) is 0 Å². The second-order valence-electron chi connectivity index (χ2n) is 3.76. The van der Waals surface area contributed by atoms with Crippen LogP contribution in [0.3, 0.4) is 0 Å². The smallest absolute Gasteiger partial charge is 0.214 e. The number of rotatable bonds is 6. The maximum atomic E-state index is 5.58. The first-order valence-electron chi connectivity index (χ1n) is 5.54. The zero-order chi connectivity index (χ0) is 12.0. The Balaban J connectivity index is 2.62. The number of aromatic nitrogens is 1. The zero-order valence-electron chi connectivity index (χ0n) is 9.82. The maximum Gasteiger partial charge on any atom is 0.214 e. The highest BCUT2D eigenvalue weighted by Gasteiger charge is 2.03. The molecule has 0 aliphatic heterocycles. The lowest BCUT2D eigenvalue weighted by Gasteiger charge is -2.07. The van der Waals surface area contributed by atoms with Crippen molar-refractivity contribution in [1.82, 2.24) is 4.98 Å². The number of unbranched alkanes of at least 4 members (excludes halogenated alkanes) is 2. The fourth-order valence-electron chi connectivity index (χ4n) is 1.38. The van der Waals surface area contributed by atoms with Crippen molar-refractivity contribution in [3.63, 3.8) is 0 Å². The van der Waals surface area contributed by atoms with Gasteiger partial charge in [0, 0.05) is 17.3 Å². The summed E-state index contributed by atoms with van der Waals surface area (Å²) in [5.41, 5.74) is 7.26. The van der Waals surface area contributed by atoms with Crippen molar-refractivity contribution in [3.05, 3.63) is 23.4 Å². The van der Waals surface area contributed by atoms with Gasteiger partial charge in [-0.25, -0.2) is 4.98 Å². The molecule has 0 saturated heterocycles. The van der Waals surface area contributed by atoms with Gasteiger partial charge in [0.2, 0.25) is 5.88 Å². The van der Waals surface area contributed by atoms with Crippen molar-refractivity contribution < 1.29 is 4.74 Å². The molecule has 16 heavy (non-hydrogen) atoms. The van der Waals surface area contributed by atoms with Crippen molar-refractivity contribution in [2.45, 2.75) is 33.1 Å². The Kier molecular flexibility index (Phi) is 5.19. The summed E-state index contributed by atoms with van der Waals surface area (Å²) in [5.74, 6) is 0.610. The third kappa shape index (κ3) is 4.14. The van der Waals surface area contributed by atoms with Crippen LogP contribution in [-0.2, 0) is 0 Å². The molecule has 0 atom stereocenters. The van der Waals surface area contributed by atoms with E-state index in [0.29, 0.717) is 17.5 Å². The van der Waals surface area contributed by atoms with Gasteiger partial charge in [-0.2, -0.15) is 0 Å². The Morgan fingerprint density at radius 2 is 2.19 bits per heavy atom. The fourth-order valence-corrected chi connectivity index (χ4v) is 1.50. The highest BCUT2D eigenvalue weighted by atomic mass is 32.1. The molecule has 0 spiro atoms. The molecule has 1 rings (SSSR count). The van der Waals surface area contributed by atoms with E-state index < -0.39 is 0 Å². The van der Waals surface area contributed by atoms with Crippen LogP contribution >= 0.6 is 12.2 Å². The van der Waals surface area contributed by atoms with E-state index in [9.17, 15) is 0 Å². The van der Waals surface area contributed by atoms with E-state index in [0.717, 1.165) is 17.7 Å². The minimum Gasteiger partial charge on any atom is -0.478 e. The lowest BCUT2D eigenvalue weighted by molar-refractivity contribution is 0.294. The largest absolute Gasteiger partial charge is 0.478 e. The van der Waals surface area contributed by atoms with Gasteiger partial charge >= 0.3 is 0 Å². The van der Waals surface area contributed by atoms with Gasteiger partial charge in [0.25, 0.3) is 0 Å². The number of nitrogens with two attached hydrogens (primary N) is 1. The van der Waals surface area contributed by atoms with Gasteiger partial charge in [-0.15, -0.1) is 0 Å². The number of ether oxygens (including phenoxy) is 1. The first kappa shape index (κ1) is 12.9. The highest BCUT2D eigenvalue weighted by molar-refractivity contribution is 7.80. The highest BCUT2D eigenvalue weighted by Crippen LogP contribution is 2.13. The van der Waals surface area contributed by atoms with Crippen LogP contribution in [0.4, 0.5) is 0 Å². The van der Waals surface area contributed by atoms with Crippen molar-refractivity contribution in [3.8, 4) is 5.88 Å². The van der Waals surface area contributed by atoms with Crippen LogP contribution in [0.2, 0.25) is 0 Å². The van der Waals surface area contributed by atoms with E-state index in [-0.39, 0.29) is 0 Å². The Morgan fingerprint density at radius 3 is 2.81 bits per heavy atom. The first-order chi connectivity index (χ1) is 7.63. The van der Waals surface area contributed by atoms with Gasteiger partial charge in [0.05, 0.1) is 6.61 Å². The first-order valence-corrected chi connectivity index (χ1v) is 5.95. The molecule has 0 radical (unpaired) electrons. The third-order valence-corrected chi connectivity index (χ3v) is 2.45. The van der Waals surface area contributed by atoms with Crippen molar-refractivity contribution in [2.24, 2.45) is 5.73 Å². The number of aryl methyl sites for hydroxylation is 1. The Morgan fingerprint density at radius 1 is 1.44 bits per heavy atom. The van der Waals surface area contributed by atoms with Gasteiger partial charge in [-0.1, -0.05) is 32.0 Å². The number of hydrogen-bond acceptors (Lipinski definition) is 3. The van der Waals surface area contributed by atoms with E-state index in [2.05, 4.69) is 11.9 Å². The molecule has 0 bridgehead atoms. The number of hydrogen-bond donors (Lipinski definition) is 1. The molecule has 4 heteroatoms. The van der Waals surface area contributed by atoms with Crippen LogP contribution < -0.4 is 10.5 Å². The summed E-state index contributed by atoms with van der Waals surface area (Å²) in [6.07, 6.45) is 3.41. The molecule has 0 unspecified atom stereocenters. The molecule has 3 nitrogen and oxygen atoms in total. The van der Waals surface area contributed by atoms with Crippen molar-refractivity contribution in [2.75, 3.05) is 6.61 Å². The summed E-state index contributed by atoms with van der Waals surface area (Å²) in [6.45, 7) is 4.76. The summed E-state index contributed by atoms with van der Waals surface area (Å²) >= 11 is 4.93. The Labute approximate surface area is 102 Å². The lowest BCUT2D eigenvalue weighted by atomic mass is 10.2. The molecule has 0 aliphatic carbocycles. The molecule has 1 heterocycles. The SMILES string of the molecule is CCCCCOc1cc(C(N)=S)cc(C)n1. The summed E-state index contributed by atoms with van der Waals surface area (Å²) in [4.78, 5) is 4.66. The molecule has 0 fully saturated rings. The fraction of sp³-hybridized carbons (Fsp3) is 0.500. The summed E-state index contributed by atoms with van der Waals surface area (Å²) < 4.78 is 5.55. The van der Waals surface area contributed by atoms with Crippen LogP contribution in [0, 0.1) is 6.92 Å². The molecule has 1 aromatic rings. The molecule has 88 valence electrons. The quantitative estimate of drug-likeness (QED) is 0.611. The van der Waals surface area contributed by atoms with Gasteiger partial charge < -0.3 is 10.5 Å². The average Bonchev–Trinajstić information content (AvgIpc) is 2.23. The normalized spacial score (nSPS) is 10.1. The maximum absolute atomic E-state index is 5.58. The predicted molar refractivity (Wildman–Crippen MR) is 69.9 cm³/mol. The third-order valence-electron chi connectivity index (χ3n) is 2.21. The number of nitrogens with zero attached hydrogens (tertiary/aromatic N) is 1. The van der Waals surface area contributed by atoms with Crippen LogP contribution in [0.5, 0.6) is 5.88 Å². The molecule has 0 amide bonds. The average molecular weight is 238 g/mol. The molecule has 0 saturated carbocycles. The van der Waals surface area contributed by atoms with Crippen LogP contribution in [-0.4, -0.2) is 16.6 Å². The van der Waals surface area contributed by atoms with Gasteiger partial charge in [-0.05, 0) is 19.4 Å². The number of thiocarbonyl (C=S) groups is 1. The molecule has 0 aliphatic rings. The van der Waals surface area contributed by atoms with Crippen molar-refractivity contribution in [1.29, 1.82) is 0 Å². The summed E-state index contributed by atoms with van der Waals surface area (Å²) in [6, 6.07) is 3.66. The van der Waals surface area contributed by atoms with E-state index in [1.807, 2.05) is 13.0 Å². The predicted octanol–water partition coefficient (Wildman–Crippen LogP) is 2.59. The van der Waals surface area contributed by atoms with Gasteiger partial charge in [-0.3, -0.25) is 0 Å². The van der Waals surface area contributed by atoms with Gasteiger partial charge in [0.1, 0.15) is 4.99 Å². The van der Waals surface area contributed by atoms with Crippen molar-refractivity contribution >= 4 is 17.2 Å². The second kappa shape index (κ2) is 6.43. The molecule has 0 aromatic carbocycles. The van der Waals surface area contributed by atoms with Crippen LogP contribution in [0.25, 0.3) is 0 Å². The second-order valence-corrected chi connectivity index (χ2v) is 4.20. The van der Waals surface area contributed by atoms with Crippen LogP contribution in [0.1, 0.15) is 37.4 Å². The summed E-state index contributed by atoms with van der Waals surface area (Å²) in [5, 5.41) is 0. The number of pyridine rings is 1. The van der Waals surface area contributed by atoms with E-state index in [4.69, 9.17) is 22.7 Å². The minimum atomic E-state index is 0.379. The molecule has 1 aromatic heterocycles. The lowest BCUT2D eigenvalue weighted by Crippen LogP contribution is -2.11. The molecular formula is C12H18N2OS. The Bertz CT molecular complexity index is 366. The van der Waals surface area contributed by atoms with E-state index >= 15 is 0 Å². The van der Waals surface area contributed by atoms with E-state index in [1.54, 1.807) is 6.07 Å². The van der Waals surface area contributed by atoms with Crippen LogP contribution in [0.15, 0.2) is 12.1 Å². The molecule has 2 N–H and O–H groups in total. The van der Waals surface area contributed by atoms with E-state index in [1.165, 1.54) is 12.8 Å². The topological polar surface area (TPSA) is 48.1 Å². The summed E-state index contributed by atoms with van der Waals surface area (Å²) in [7, 11) is 0.